The lowest BCUT2D eigenvalue weighted by molar-refractivity contribution is -0.139. The zero-order valence-corrected chi connectivity index (χ0v) is 61.1. The second-order valence-corrected chi connectivity index (χ2v) is 27.8. The molecule has 36 heteroatoms. The van der Waals surface area contributed by atoms with Gasteiger partial charge in [-0.05, 0) is 80.7 Å². The van der Waals surface area contributed by atoms with Crippen molar-refractivity contribution in [1.29, 1.82) is 0 Å². The molecule has 13 amide bonds. The van der Waals surface area contributed by atoms with Gasteiger partial charge < -0.3 is 96.2 Å². The Balaban J connectivity index is 1.80. The number of primary amides is 1. The predicted molar refractivity (Wildman–Crippen MR) is 382 cm³/mol. The van der Waals surface area contributed by atoms with Gasteiger partial charge in [0.1, 0.15) is 73.0 Å². The highest BCUT2D eigenvalue weighted by Crippen LogP contribution is 2.25. The van der Waals surface area contributed by atoms with Gasteiger partial charge in [0, 0.05) is 43.5 Å². The summed E-state index contributed by atoms with van der Waals surface area (Å²) in [4.78, 5) is 220. The van der Waals surface area contributed by atoms with Crippen LogP contribution in [-0.4, -0.2) is 212 Å². The molecule has 104 heavy (non-hydrogen) atoms. The molecule has 0 aliphatic carbocycles. The minimum Gasteiger partial charge on any atom is -0.481 e. The molecule has 1 aromatic heterocycles. The normalized spacial score (nSPS) is 22.6. The Morgan fingerprint density at radius 3 is 1.87 bits per heavy atom. The average molecular weight is 1480 g/mol. The molecule has 576 valence electrons. The van der Waals surface area contributed by atoms with E-state index in [2.05, 4.69) is 78.8 Å². The molecule has 2 aliphatic heterocycles. The zero-order chi connectivity index (χ0) is 77.3. The van der Waals surface area contributed by atoms with Crippen LogP contribution in [-0.2, 0) is 84.8 Å². The van der Waals surface area contributed by atoms with Crippen LogP contribution in [0.5, 0.6) is 0 Å². The van der Waals surface area contributed by atoms with Gasteiger partial charge in [-0.15, -0.1) is 11.8 Å². The Morgan fingerprint density at radius 1 is 0.663 bits per heavy atom. The Bertz CT molecular complexity index is 3310. The molecule has 15 atom stereocenters. The SMILES string of the molecule is CC[C@H](C)[C@H](N)C1=N[C@H](C(=O)N[C@@H](CC(C)C)C(=O)N[C@H](CCC(=O)O)C(=O)N[C@H](C(=O)N[C@H]2CCCCNC(=O)[C@H](CC(N)=O)NC(=O)[C@@H](CC(=O)NCC(=O)O)NC(=O)[C@H](Cc3cnc[nH]3)NC(=O)[C@@H](Cc3ccccc3)NC(=O)[C@H]([C@@H](C)CC)NC(=O)[C@@H](CCCN)NC2=O)[C@@H](C)CC)CS1. The van der Waals surface area contributed by atoms with E-state index in [1.807, 2.05) is 13.8 Å². The molecule has 0 spiro atoms. The number of nitrogens with zero attached hydrogens (tertiary/aromatic N) is 2. The minimum atomic E-state index is -1.95. The van der Waals surface area contributed by atoms with Crippen LogP contribution in [0.2, 0.25) is 0 Å². The maximum Gasteiger partial charge on any atom is 0.322 e. The number of benzene rings is 1. The van der Waals surface area contributed by atoms with E-state index in [0.717, 1.165) is 6.42 Å². The number of carboxylic acid groups (broad SMARTS) is 2. The van der Waals surface area contributed by atoms with E-state index in [1.54, 1.807) is 71.9 Å². The molecular formula is C68H106N18O17S. The Kier molecular flexibility index (Phi) is 36.9. The summed E-state index contributed by atoms with van der Waals surface area (Å²) in [5.41, 5.74) is 18.7. The number of hydrogen-bond donors (Lipinski definition) is 18. The van der Waals surface area contributed by atoms with E-state index < -0.39 is 205 Å². The van der Waals surface area contributed by atoms with Gasteiger partial charge in [0.15, 0.2) is 0 Å². The first-order chi connectivity index (χ1) is 49.3. The molecule has 1 saturated heterocycles. The summed E-state index contributed by atoms with van der Waals surface area (Å²) >= 11 is 1.34. The maximum absolute atomic E-state index is 14.9. The van der Waals surface area contributed by atoms with E-state index in [0.29, 0.717) is 10.6 Å². The number of carbonyl (C=O) groups is 15. The van der Waals surface area contributed by atoms with E-state index in [9.17, 15) is 82.1 Å². The molecule has 0 bridgehead atoms. The molecule has 0 saturated carbocycles. The number of thioether (sulfide) groups is 1. The van der Waals surface area contributed by atoms with Crippen molar-refractivity contribution in [3.05, 3.63) is 54.1 Å². The van der Waals surface area contributed by atoms with Crippen LogP contribution >= 0.6 is 11.8 Å². The van der Waals surface area contributed by atoms with Crippen LogP contribution in [0.25, 0.3) is 0 Å². The van der Waals surface area contributed by atoms with E-state index in [-0.39, 0.29) is 101 Å². The summed E-state index contributed by atoms with van der Waals surface area (Å²) in [7, 11) is 0. The smallest absolute Gasteiger partial charge is 0.322 e. The number of nitrogens with one attached hydrogen (secondary N) is 13. The van der Waals surface area contributed by atoms with Crippen LogP contribution in [0, 0.1) is 23.7 Å². The number of imidazole rings is 1. The monoisotopic (exact) mass is 1480 g/mol. The lowest BCUT2D eigenvalue weighted by Crippen LogP contribution is -2.62. The quantitative estimate of drug-likeness (QED) is 0.0349. The fraction of sp³-hybridized carbons (Fsp3) is 0.632. The standard InChI is InChI=1S/C68H106N18O17S/c1-9-36(6)54(71)68-84-49(33-104-68)65(101)79-44(26-35(4)5)61(97)77-43(22-23-52(89)90)60(96)86-55(37(7)10-2)66(102)78-41-20-15-16-25-73-57(93)47(29-50(70)87)81-64(100)48(30-51(88)74-32-53(91)92)82-63(99)46(28-40-31-72-34-75-40)80-62(98)45(27-39-18-13-12-14-19-39)83-67(103)56(38(8)11-3)85-59(95)42(21-17-24-69)76-58(41)94/h12-14,18-19,31,34-38,41-49,54-56H,9-11,15-17,20-30,32-33,69,71H2,1-8H3,(H2,70,87)(H,72,75)(H,73,93)(H,74,88)(H,76,94)(H,77,97)(H,78,102)(H,79,101)(H,80,98)(H,81,100)(H,82,99)(H,83,103)(H,85,95)(H,86,96)(H,89,90)(H,91,92)/t36-,37-,38-,41-,42+,43+,44-,45+,46-,47-,48+,49-,54-,55-,56-/m0/s1. The van der Waals surface area contributed by atoms with Crippen molar-refractivity contribution in [3.8, 4) is 0 Å². The first kappa shape index (κ1) is 86.8. The number of hydrogen-bond acceptors (Lipinski definition) is 20. The number of aliphatic imine (C=N–C) groups is 1. The van der Waals surface area contributed by atoms with Crippen molar-refractivity contribution in [1.82, 2.24) is 73.8 Å². The number of H-pyrrole nitrogens is 1. The Morgan fingerprint density at radius 2 is 1.27 bits per heavy atom. The third kappa shape index (κ3) is 29.3. The van der Waals surface area contributed by atoms with Crippen LogP contribution in [0.1, 0.15) is 150 Å². The van der Waals surface area contributed by atoms with E-state index >= 15 is 0 Å². The third-order valence-electron chi connectivity index (χ3n) is 17.9. The van der Waals surface area contributed by atoms with Crippen molar-refractivity contribution >= 4 is 106 Å². The van der Waals surface area contributed by atoms with Crippen LogP contribution in [0.15, 0.2) is 47.8 Å². The van der Waals surface area contributed by atoms with Crippen LogP contribution in [0.4, 0.5) is 0 Å². The predicted octanol–water partition coefficient (Wildman–Crippen LogP) is -2.56. The van der Waals surface area contributed by atoms with E-state index in [4.69, 9.17) is 17.2 Å². The van der Waals surface area contributed by atoms with Crippen molar-refractivity contribution in [2.45, 2.75) is 224 Å². The summed E-state index contributed by atoms with van der Waals surface area (Å²) in [6, 6.07) is -8.62. The first-order valence-corrected chi connectivity index (χ1v) is 36.2. The highest BCUT2D eigenvalue weighted by Gasteiger charge is 2.40. The second-order valence-electron chi connectivity index (χ2n) is 26.7. The van der Waals surface area contributed by atoms with Gasteiger partial charge in [-0.1, -0.05) is 105 Å². The zero-order valence-electron chi connectivity index (χ0n) is 60.3. The van der Waals surface area contributed by atoms with Gasteiger partial charge in [0.2, 0.25) is 76.8 Å². The molecule has 2 aromatic rings. The number of nitrogens with two attached hydrogens (primary N) is 3. The lowest BCUT2D eigenvalue weighted by atomic mass is 9.96. The molecule has 3 heterocycles. The van der Waals surface area contributed by atoms with Crippen LogP contribution in [0.3, 0.4) is 0 Å². The molecule has 0 unspecified atom stereocenters. The maximum atomic E-state index is 14.9. The van der Waals surface area contributed by atoms with Crippen molar-refractivity contribution < 1.29 is 82.1 Å². The highest BCUT2D eigenvalue weighted by molar-refractivity contribution is 8.14. The fourth-order valence-corrected chi connectivity index (χ4v) is 12.3. The van der Waals surface area contributed by atoms with Gasteiger partial charge in [0.25, 0.3) is 0 Å². The Hall–Kier alpha value is -9.58. The topological polar surface area (TPSA) is 560 Å². The fourth-order valence-electron chi connectivity index (χ4n) is 11.1. The van der Waals surface area contributed by atoms with Gasteiger partial charge in [-0.2, -0.15) is 0 Å². The van der Waals surface area contributed by atoms with E-state index in [1.165, 1.54) is 24.3 Å². The number of carboxylic acids is 2. The second kappa shape index (κ2) is 44.2. The first-order valence-electron chi connectivity index (χ1n) is 35.3. The molecule has 35 nitrogen and oxygen atoms in total. The van der Waals surface area contributed by atoms with Crippen molar-refractivity contribution in [3.63, 3.8) is 0 Å². The summed E-state index contributed by atoms with van der Waals surface area (Å²) in [5, 5.41) is 50.6. The molecule has 0 radical (unpaired) electrons. The average Bonchev–Trinajstić information content (AvgIpc) is 1.40. The highest BCUT2D eigenvalue weighted by atomic mass is 32.2. The summed E-state index contributed by atoms with van der Waals surface area (Å²) in [5.74, 6) is -16.6. The molecule has 1 aromatic carbocycles. The number of amides is 13. The largest absolute Gasteiger partial charge is 0.481 e. The van der Waals surface area contributed by atoms with Crippen LogP contribution < -0.4 is 81.0 Å². The molecule has 4 rings (SSSR count). The lowest BCUT2D eigenvalue weighted by Gasteiger charge is -2.30. The van der Waals surface area contributed by atoms with Crippen molar-refractivity contribution in [2.24, 2.45) is 45.9 Å². The molecule has 1 fully saturated rings. The van der Waals surface area contributed by atoms with Gasteiger partial charge >= 0.3 is 11.9 Å². The van der Waals surface area contributed by atoms with Gasteiger partial charge in [0.05, 0.1) is 30.3 Å². The number of carbonyl (C=O) groups excluding carboxylic acids is 13. The summed E-state index contributed by atoms with van der Waals surface area (Å²) < 4.78 is 0. The number of rotatable bonds is 33. The third-order valence-corrected chi connectivity index (χ3v) is 19.1. The number of aliphatic carboxylic acids is 2. The van der Waals surface area contributed by atoms with Crippen molar-refractivity contribution in [2.75, 3.05) is 25.4 Å². The Labute approximate surface area is 608 Å². The number of aromatic amines is 1. The van der Waals surface area contributed by atoms with Gasteiger partial charge in [-0.25, -0.2) is 4.98 Å². The number of aromatic nitrogens is 2. The summed E-state index contributed by atoms with van der Waals surface area (Å²) in [6.07, 6.45) is 0.219. The minimum absolute atomic E-state index is 0.00242. The molecule has 21 N–H and O–H groups in total. The van der Waals surface area contributed by atoms with Gasteiger partial charge in [-0.3, -0.25) is 76.9 Å². The molecular weight excluding hydrogens is 1370 g/mol. The summed E-state index contributed by atoms with van der Waals surface area (Å²) in [6.45, 7) is 13.1. The molecule has 2 aliphatic rings.